The number of rotatable bonds is 8. The van der Waals surface area contributed by atoms with E-state index in [1.54, 1.807) is 7.11 Å². The van der Waals surface area contributed by atoms with Crippen LogP contribution in [0.5, 0.6) is 0 Å². The Balaban J connectivity index is 3.67. The molecule has 0 aromatic rings. The van der Waals surface area contributed by atoms with Crippen molar-refractivity contribution < 1.29 is 17.9 Å². The molecule has 2 unspecified atom stereocenters. The minimum atomic E-state index is -4.07. The zero-order chi connectivity index (χ0) is 12.6. The van der Waals surface area contributed by atoms with Gasteiger partial charge in [0.1, 0.15) is 0 Å². The summed E-state index contributed by atoms with van der Waals surface area (Å²) < 4.78 is 40.8. The van der Waals surface area contributed by atoms with E-state index in [2.05, 4.69) is 5.43 Å². The number of nitrogens with two attached hydrogens (primary N) is 1. The van der Waals surface area contributed by atoms with Crippen LogP contribution in [-0.2, 0) is 4.74 Å². The molecule has 16 heavy (non-hydrogen) atoms. The predicted octanol–water partition coefficient (Wildman–Crippen LogP) is 2.37. The molecule has 0 aromatic carbocycles. The van der Waals surface area contributed by atoms with Gasteiger partial charge in [0.15, 0.2) is 0 Å². The van der Waals surface area contributed by atoms with Gasteiger partial charge in [0, 0.05) is 19.6 Å². The van der Waals surface area contributed by atoms with Crippen molar-refractivity contribution in [2.75, 3.05) is 7.11 Å². The van der Waals surface area contributed by atoms with Crippen molar-refractivity contribution in [2.45, 2.75) is 57.3 Å². The Labute approximate surface area is 94.5 Å². The van der Waals surface area contributed by atoms with E-state index in [4.69, 9.17) is 10.6 Å². The quantitative estimate of drug-likeness (QED) is 0.507. The molecule has 0 spiro atoms. The number of alkyl halides is 3. The van der Waals surface area contributed by atoms with Crippen LogP contribution >= 0.6 is 0 Å². The van der Waals surface area contributed by atoms with Crippen molar-refractivity contribution in [3.8, 4) is 0 Å². The lowest BCUT2D eigenvalue weighted by atomic mass is 10.0. The summed E-state index contributed by atoms with van der Waals surface area (Å²) in [7, 11) is 1.61. The minimum Gasteiger partial charge on any atom is -0.382 e. The van der Waals surface area contributed by atoms with E-state index in [1.807, 2.05) is 6.92 Å². The minimum absolute atomic E-state index is 0.0695. The lowest BCUT2D eigenvalue weighted by Crippen LogP contribution is -2.35. The smallest absolute Gasteiger partial charge is 0.382 e. The average molecular weight is 242 g/mol. The Kier molecular flexibility index (Phi) is 7.70. The largest absolute Gasteiger partial charge is 0.389 e. The highest BCUT2D eigenvalue weighted by atomic mass is 19.4. The van der Waals surface area contributed by atoms with Gasteiger partial charge in [0.2, 0.25) is 0 Å². The van der Waals surface area contributed by atoms with Crippen LogP contribution in [-0.4, -0.2) is 25.4 Å². The van der Waals surface area contributed by atoms with E-state index >= 15 is 0 Å². The maximum absolute atomic E-state index is 11.9. The maximum Gasteiger partial charge on any atom is 0.389 e. The van der Waals surface area contributed by atoms with E-state index in [0.717, 1.165) is 12.8 Å². The summed E-state index contributed by atoms with van der Waals surface area (Å²) in [6.07, 6.45) is -2.64. The fraction of sp³-hybridized carbons (Fsp3) is 1.00. The van der Waals surface area contributed by atoms with Gasteiger partial charge in [-0.1, -0.05) is 0 Å². The Bertz CT molecular complexity index is 176. The summed E-state index contributed by atoms with van der Waals surface area (Å²) in [6, 6.07) is -0.0695. The number of halogens is 3. The molecule has 0 fully saturated rings. The van der Waals surface area contributed by atoms with Crippen molar-refractivity contribution >= 4 is 0 Å². The van der Waals surface area contributed by atoms with E-state index < -0.39 is 12.6 Å². The second-order valence-corrected chi connectivity index (χ2v) is 3.99. The summed E-state index contributed by atoms with van der Waals surface area (Å²) in [5, 5.41) is 0. The number of hydrogen-bond donors (Lipinski definition) is 2. The molecular formula is C10H21F3N2O. The molecular weight excluding hydrogens is 221 g/mol. The SMILES string of the molecule is COC(C)CCC(CCCC(F)(F)F)NN. The molecule has 3 N–H and O–H groups in total. The first kappa shape index (κ1) is 15.7. The zero-order valence-corrected chi connectivity index (χ0v) is 9.81. The molecule has 0 radical (unpaired) electrons. The highest BCUT2D eigenvalue weighted by Crippen LogP contribution is 2.23. The van der Waals surface area contributed by atoms with Crippen LogP contribution in [0.1, 0.15) is 39.0 Å². The molecule has 98 valence electrons. The Morgan fingerprint density at radius 3 is 2.31 bits per heavy atom. The maximum atomic E-state index is 11.9. The second-order valence-electron chi connectivity index (χ2n) is 3.99. The number of hydrazine groups is 1. The standard InChI is InChI=1S/C10H21F3N2O/c1-8(16-2)5-6-9(15-14)4-3-7-10(11,12)13/h8-9,15H,3-7,14H2,1-2H3. The van der Waals surface area contributed by atoms with E-state index in [0.29, 0.717) is 6.42 Å². The molecule has 0 aliphatic rings. The van der Waals surface area contributed by atoms with Crippen molar-refractivity contribution in [1.82, 2.24) is 5.43 Å². The molecule has 0 aliphatic carbocycles. The molecule has 0 saturated heterocycles. The summed E-state index contributed by atoms with van der Waals surface area (Å²) in [5.74, 6) is 5.28. The monoisotopic (exact) mass is 242 g/mol. The van der Waals surface area contributed by atoms with Crippen molar-refractivity contribution in [1.29, 1.82) is 0 Å². The topological polar surface area (TPSA) is 47.3 Å². The predicted molar refractivity (Wildman–Crippen MR) is 56.7 cm³/mol. The van der Waals surface area contributed by atoms with Crippen molar-refractivity contribution in [2.24, 2.45) is 5.84 Å². The molecule has 0 heterocycles. The van der Waals surface area contributed by atoms with Gasteiger partial charge in [-0.25, -0.2) is 0 Å². The third kappa shape index (κ3) is 8.94. The van der Waals surface area contributed by atoms with Crippen LogP contribution in [0.3, 0.4) is 0 Å². The Morgan fingerprint density at radius 1 is 1.25 bits per heavy atom. The van der Waals surface area contributed by atoms with Gasteiger partial charge in [-0.3, -0.25) is 11.3 Å². The first-order valence-corrected chi connectivity index (χ1v) is 5.44. The van der Waals surface area contributed by atoms with Crippen LogP contribution < -0.4 is 11.3 Å². The lowest BCUT2D eigenvalue weighted by molar-refractivity contribution is -0.135. The fourth-order valence-corrected chi connectivity index (χ4v) is 1.41. The first-order valence-electron chi connectivity index (χ1n) is 5.44. The van der Waals surface area contributed by atoms with Crippen molar-refractivity contribution in [3.05, 3.63) is 0 Å². The highest BCUT2D eigenvalue weighted by Gasteiger charge is 2.26. The molecule has 2 atom stereocenters. The third-order valence-electron chi connectivity index (χ3n) is 2.57. The van der Waals surface area contributed by atoms with Gasteiger partial charge in [0.25, 0.3) is 0 Å². The molecule has 0 saturated carbocycles. The lowest BCUT2D eigenvalue weighted by Gasteiger charge is -2.18. The first-order chi connectivity index (χ1) is 7.39. The van der Waals surface area contributed by atoms with Crippen LogP contribution in [0.15, 0.2) is 0 Å². The van der Waals surface area contributed by atoms with Crippen LogP contribution in [0.25, 0.3) is 0 Å². The molecule has 3 nitrogen and oxygen atoms in total. The second kappa shape index (κ2) is 7.86. The molecule has 0 aliphatic heterocycles. The molecule has 6 heteroatoms. The Morgan fingerprint density at radius 2 is 1.88 bits per heavy atom. The summed E-state index contributed by atoms with van der Waals surface area (Å²) in [5.41, 5.74) is 2.54. The van der Waals surface area contributed by atoms with Gasteiger partial charge in [-0.15, -0.1) is 0 Å². The van der Waals surface area contributed by atoms with Gasteiger partial charge in [-0.05, 0) is 32.6 Å². The summed E-state index contributed by atoms with van der Waals surface area (Å²) in [6.45, 7) is 1.92. The highest BCUT2D eigenvalue weighted by molar-refractivity contribution is 4.66. The molecule has 0 rings (SSSR count). The number of hydrogen-bond acceptors (Lipinski definition) is 3. The average Bonchev–Trinajstić information content (AvgIpc) is 2.20. The van der Waals surface area contributed by atoms with Gasteiger partial charge in [-0.2, -0.15) is 13.2 Å². The molecule has 0 aromatic heterocycles. The van der Waals surface area contributed by atoms with E-state index in [-0.39, 0.29) is 18.6 Å². The number of methoxy groups -OCH3 is 1. The normalized spacial score (nSPS) is 16.1. The van der Waals surface area contributed by atoms with E-state index in [1.165, 1.54) is 0 Å². The van der Waals surface area contributed by atoms with Crippen molar-refractivity contribution in [3.63, 3.8) is 0 Å². The van der Waals surface area contributed by atoms with Crippen LogP contribution in [0, 0.1) is 0 Å². The van der Waals surface area contributed by atoms with Gasteiger partial charge < -0.3 is 4.74 Å². The third-order valence-corrected chi connectivity index (χ3v) is 2.57. The summed E-state index contributed by atoms with van der Waals surface area (Å²) in [4.78, 5) is 0. The van der Waals surface area contributed by atoms with Crippen LogP contribution in [0.2, 0.25) is 0 Å². The van der Waals surface area contributed by atoms with Crippen LogP contribution in [0.4, 0.5) is 13.2 Å². The van der Waals surface area contributed by atoms with Gasteiger partial charge >= 0.3 is 6.18 Å². The summed E-state index contributed by atoms with van der Waals surface area (Å²) >= 11 is 0. The number of ether oxygens (including phenoxy) is 1. The fourth-order valence-electron chi connectivity index (χ4n) is 1.41. The Hall–Kier alpha value is -0.330. The molecule has 0 amide bonds. The molecule has 0 bridgehead atoms. The number of nitrogens with one attached hydrogen (secondary N) is 1. The zero-order valence-electron chi connectivity index (χ0n) is 9.81. The van der Waals surface area contributed by atoms with E-state index in [9.17, 15) is 13.2 Å². The van der Waals surface area contributed by atoms with Gasteiger partial charge in [0.05, 0.1) is 6.10 Å².